The van der Waals surface area contributed by atoms with Crippen LogP contribution in [0.4, 0.5) is 5.69 Å². The van der Waals surface area contributed by atoms with Crippen LogP contribution in [0.1, 0.15) is 11.1 Å². The van der Waals surface area contributed by atoms with Gasteiger partial charge in [0.2, 0.25) is 0 Å². The van der Waals surface area contributed by atoms with Gasteiger partial charge in [-0.2, -0.15) is 0 Å². The van der Waals surface area contributed by atoms with E-state index >= 15 is 0 Å². The highest BCUT2D eigenvalue weighted by molar-refractivity contribution is 5.59. The summed E-state index contributed by atoms with van der Waals surface area (Å²) in [7, 11) is 1.64. The van der Waals surface area contributed by atoms with E-state index in [1.54, 1.807) is 7.11 Å². The molecule has 0 amide bonds. The molecule has 2 N–H and O–H groups in total. The molecule has 0 spiro atoms. The Hall–Kier alpha value is -1.96. The predicted octanol–water partition coefficient (Wildman–Crippen LogP) is 2.87. The minimum Gasteiger partial charge on any atom is -0.495 e. The van der Waals surface area contributed by atoms with Crippen molar-refractivity contribution >= 4 is 5.69 Å². The normalized spacial score (nSPS) is 10.1. The molecular weight excluding hydrogens is 198 g/mol. The maximum atomic E-state index is 6.02. The summed E-state index contributed by atoms with van der Waals surface area (Å²) in [5.41, 5.74) is 9.10. The number of anilines is 1. The van der Waals surface area contributed by atoms with Gasteiger partial charge in [0.05, 0.1) is 12.8 Å². The molecule has 0 radical (unpaired) electrons. The van der Waals surface area contributed by atoms with Gasteiger partial charge >= 0.3 is 0 Å². The van der Waals surface area contributed by atoms with E-state index in [2.05, 4.69) is 12.1 Å². The van der Waals surface area contributed by atoms with E-state index in [1.807, 2.05) is 36.4 Å². The number of methoxy groups -OCH3 is 1. The summed E-state index contributed by atoms with van der Waals surface area (Å²) in [4.78, 5) is 0. The Balaban J connectivity index is 2.28. The molecule has 2 nitrogen and oxygen atoms in total. The van der Waals surface area contributed by atoms with Crippen molar-refractivity contribution in [2.45, 2.75) is 6.42 Å². The first kappa shape index (κ1) is 10.6. The molecule has 2 rings (SSSR count). The van der Waals surface area contributed by atoms with Gasteiger partial charge in [-0.25, -0.2) is 0 Å². The molecule has 0 unspecified atom stereocenters. The topological polar surface area (TPSA) is 35.2 Å². The fraction of sp³-hybridized carbons (Fsp3) is 0.143. The number of hydrogen-bond acceptors (Lipinski definition) is 2. The Labute approximate surface area is 95.7 Å². The van der Waals surface area contributed by atoms with Crippen LogP contribution in [-0.2, 0) is 6.42 Å². The van der Waals surface area contributed by atoms with Crippen molar-refractivity contribution in [3.05, 3.63) is 59.7 Å². The van der Waals surface area contributed by atoms with Gasteiger partial charge in [-0.15, -0.1) is 0 Å². The fourth-order valence-electron chi connectivity index (χ4n) is 1.74. The van der Waals surface area contributed by atoms with Gasteiger partial charge in [-0.1, -0.05) is 42.5 Å². The summed E-state index contributed by atoms with van der Waals surface area (Å²) in [6, 6.07) is 16.1. The summed E-state index contributed by atoms with van der Waals surface area (Å²) in [5.74, 6) is 0.744. The Morgan fingerprint density at radius 2 is 1.75 bits per heavy atom. The Bertz CT molecular complexity index is 465. The van der Waals surface area contributed by atoms with Crippen LogP contribution in [-0.4, -0.2) is 7.11 Å². The molecule has 0 aliphatic rings. The average Bonchev–Trinajstić information content (AvgIpc) is 2.33. The second kappa shape index (κ2) is 4.71. The smallest absolute Gasteiger partial charge is 0.142 e. The maximum Gasteiger partial charge on any atom is 0.142 e. The Morgan fingerprint density at radius 1 is 1.00 bits per heavy atom. The largest absolute Gasteiger partial charge is 0.495 e. The van der Waals surface area contributed by atoms with Crippen LogP contribution in [0.3, 0.4) is 0 Å². The average molecular weight is 213 g/mol. The molecule has 0 saturated carbocycles. The number of benzene rings is 2. The van der Waals surface area contributed by atoms with E-state index in [-0.39, 0.29) is 0 Å². The van der Waals surface area contributed by atoms with Crippen molar-refractivity contribution in [2.75, 3.05) is 12.8 Å². The van der Waals surface area contributed by atoms with Gasteiger partial charge < -0.3 is 10.5 Å². The number of ether oxygens (including phenoxy) is 1. The quantitative estimate of drug-likeness (QED) is 0.796. The highest BCUT2D eigenvalue weighted by Crippen LogP contribution is 2.26. The molecule has 0 aromatic heterocycles. The van der Waals surface area contributed by atoms with E-state index in [9.17, 15) is 0 Å². The molecule has 82 valence electrons. The van der Waals surface area contributed by atoms with Gasteiger partial charge in [0.1, 0.15) is 5.75 Å². The Morgan fingerprint density at radius 3 is 2.44 bits per heavy atom. The first-order valence-electron chi connectivity index (χ1n) is 5.26. The van der Waals surface area contributed by atoms with Crippen molar-refractivity contribution in [3.63, 3.8) is 0 Å². The molecule has 0 aliphatic carbocycles. The minimum atomic E-state index is 0.730. The maximum absolute atomic E-state index is 6.02. The molecule has 0 aliphatic heterocycles. The van der Waals surface area contributed by atoms with E-state index < -0.39 is 0 Å². The van der Waals surface area contributed by atoms with E-state index in [0.29, 0.717) is 0 Å². The molecule has 2 aromatic rings. The third-order valence-corrected chi connectivity index (χ3v) is 2.61. The van der Waals surface area contributed by atoms with Crippen molar-refractivity contribution in [1.29, 1.82) is 0 Å². The minimum absolute atomic E-state index is 0.730. The number of hydrogen-bond donors (Lipinski definition) is 1. The molecule has 0 atom stereocenters. The first-order valence-corrected chi connectivity index (χ1v) is 5.26. The molecule has 2 aromatic carbocycles. The zero-order valence-corrected chi connectivity index (χ0v) is 9.31. The van der Waals surface area contributed by atoms with Crippen LogP contribution >= 0.6 is 0 Å². The molecule has 16 heavy (non-hydrogen) atoms. The van der Waals surface area contributed by atoms with E-state index in [0.717, 1.165) is 23.4 Å². The van der Waals surface area contributed by atoms with Crippen LogP contribution in [0, 0.1) is 0 Å². The third-order valence-electron chi connectivity index (χ3n) is 2.61. The molecular formula is C14H15NO. The lowest BCUT2D eigenvalue weighted by Crippen LogP contribution is -1.98. The molecule has 0 saturated heterocycles. The summed E-state index contributed by atoms with van der Waals surface area (Å²) in [5, 5.41) is 0. The summed E-state index contributed by atoms with van der Waals surface area (Å²) in [6.07, 6.45) is 0.837. The third kappa shape index (κ3) is 2.16. The van der Waals surface area contributed by atoms with Gasteiger partial charge in [0.25, 0.3) is 0 Å². The monoisotopic (exact) mass is 213 g/mol. The van der Waals surface area contributed by atoms with Crippen LogP contribution < -0.4 is 10.5 Å². The second-order valence-electron chi connectivity index (χ2n) is 3.70. The van der Waals surface area contributed by atoms with Crippen molar-refractivity contribution < 1.29 is 4.74 Å². The Kier molecular flexibility index (Phi) is 3.10. The highest BCUT2D eigenvalue weighted by Gasteiger charge is 2.05. The standard InChI is InChI=1S/C14H15NO/c1-16-13-9-5-8-12(14(13)15)10-11-6-3-2-4-7-11/h2-9H,10,15H2,1H3. The first-order chi connectivity index (χ1) is 7.81. The van der Waals surface area contributed by atoms with Crippen LogP contribution in [0.25, 0.3) is 0 Å². The lowest BCUT2D eigenvalue weighted by molar-refractivity contribution is 0.416. The van der Waals surface area contributed by atoms with Gasteiger partial charge in [-0.3, -0.25) is 0 Å². The number of nitrogens with two attached hydrogens (primary N) is 1. The fourth-order valence-corrected chi connectivity index (χ4v) is 1.74. The second-order valence-corrected chi connectivity index (χ2v) is 3.70. The highest BCUT2D eigenvalue weighted by atomic mass is 16.5. The van der Waals surface area contributed by atoms with Crippen LogP contribution in [0.5, 0.6) is 5.75 Å². The van der Waals surface area contributed by atoms with Crippen molar-refractivity contribution in [1.82, 2.24) is 0 Å². The number of nitrogen functional groups attached to an aromatic ring is 1. The van der Waals surface area contributed by atoms with Crippen LogP contribution in [0.2, 0.25) is 0 Å². The predicted molar refractivity (Wildman–Crippen MR) is 66.7 cm³/mol. The zero-order valence-electron chi connectivity index (χ0n) is 9.31. The molecule has 0 fully saturated rings. The lowest BCUT2D eigenvalue weighted by atomic mass is 10.0. The van der Waals surface area contributed by atoms with E-state index in [4.69, 9.17) is 10.5 Å². The van der Waals surface area contributed by atoms with E-state index in [1.165, 1.54) is 5.56 Å². The SMILES string of the molecule is COc1cccc(Cc2ccccc2)c1N. The molecule has 0 heterocycles. The zero-order chi connectivity index (χ0) is 11.4. The number of para-hydroxylation sites is 1. The summed E-state index contributed by atoms with van der Waals surface area (Å²) >= 11 is 0. The summed E-state index contributed by atoms with van der Waals surface area (Å²) < 4.78 is 5.20. The van der Waals surface area contributed by atoms with Gasteiger partial charge in [0.15, 0.2) is 0 Å². The van der Waals surface area contributed by atoms with Gasteiger partial charge in [-0.05, 0) is 23.6 Å². The number of rotatable bonds is 3. The lowest BCUT2D eigenvalue weighted by Gasteiger charge is -2.09. The summed E-state index contributed by atoms with van der Waals surface area (Å²) in [6.45, 7) is 0. The van der Waals surface area contributed by atoms with Crippen molar-refractivity contribution in [3.8, 4) is 5.75 Å². The van der Waals surface area contributed by atoms with Crippen molar-refractivity contribution in [2.24, 2.45) is 0 Å². The molecule has 2 heteroatoms. The molecule has 0 bridgehead atoms. The van der Waals surface area contributed by atoms with Gasteiger partial charge in [0, 0.05) is 0 Å². The van der Waals surface area contributed by atoms with Crippen LogP contribution in [0.15, 0.2) is 48.5 Å².